The van der Waals surface area contributed by atoms with Crippen LogP contribution in [0.5, 0.6) is 5.75 Å². The van der Waals surface area contributed by atoms with Crippen molar-refractivity contribution in [3.8, 4) is 5.75 Å². The fourth-order valence-electron chi connectivity index (χ4n) is 1.91. The van der Waals surface area contributed by atoms with E-state index in [-0.39, 0.29) is 18.5 Å². The third-order valence-corrected chi connectivity index (χ3v) is 3.18. The van der Waals surface area contributed by atoms with Crippen molar-refractivity contribution in [2.45, 2.75) is 26.3 Å². The lowest BCUT2D eigenvalue weighted by atomic mass is 10.1. The Bertz CT molecular complexity index is 474. The van der Waals surface area contributed by atoms with Gasteiger partial charge in [-0.1, -0.05) is 24.4 Å². The molecule has 1 aromatic carbocycles. The van der Waals surface area contributed by atoms with E-state index >= 15 is 0 Å². The van der Waals surface area contributed by atoms with Crippen LogP contribution in [0.2, 0.25) is 0 Å². The molecule has 21 heavy (non-hydrogen) atoms. The summed E-state index contributed by atoms with van der Waals surface area (Å²) in [5.41, 5.74) is 11.8. The van der Waals surface area contributed by atoms with Crippen LogP contribution in [-0.4, -0.2) is 41.5 Å². The van der Waals surface area contributed by atoms with Gasteiger partial charge in [-0.3, -0.25) is 9.69 Å². The number of ether oxygens (including phenoxy) is 1. The van der Waals surface area contributed by atoms with E-state index in [0.29, 0.717) is 24.6 Å². The second-order valence-corrected chi connectivity index (χ2v) is 5.69. The summed E-state index contributed by atoms with van der Waals surface area (Å²) in [6.45, 7) is 5.43. The summed E-state index contributed by atoms with van der Waals surface area (Å²) in [5.74, 6) is 0.454. The standard InChI is InChI=1S/C15H23N3O2S/c1-11(2)18(10-14(16)19)7-8-20-13-5-3-12(4-6-13)9-15(17)21/h3-6,11H,7-10H2,1-2H3,(H2,16,19)(H2,17,21). The zero-order chi connectivity index (χ0) is 15.8. The fraction of sp³-hybridized carbons (Fsp3) is 0.467. The Balaban J connectivity index is 2.43. The Hall–Kier alpha value is -1.66. The predicted octanol–water partition coefficient (Wildman–Crippen LogP) is 1.09. The minimum Gasteiger partial charge on any atom is -0.492 e. The molecule has 0 aliphatic rings. The molecule has 116 valence electrons. The van der Waals surface area contributed by atoms with Crippen LogP contribution in [0.15, 0.2) is 24.3 Å². The summed E-state index contributed by atoms with van der Waals surface area (Å²) in [7, 11) is 0. The highest BCUT2D eigenvalue weighted by molar-refractivity contribution is 7.80. The molecule has 1 amide bonds. The minimum absolute atomic E-state index is 0.244. The number of hydrogen-bond acceptors (Lipinski definition) is 4. The largest absolute Gasteiger partial charge is 0.492 e. The Morgan fingerprint density at radius 3 is 2.38 bits per heavy atom. The molecule has 0 unspecified atom stereocenters. The summed E-state index contributed by atoms with van der Waals surface area (Å²) < 4.78 is 5.67. The van der Waals surface area contributed by atoms with Gasteiger partial charge in [-0.25, -0.2) is 0 Å². The van der Waals surface area contributed by atoms with Crippen LogP contribution < -0.4 is 16.2 Å². The molecule has 0 saturated heterocycles. The van der Waals surface area contributed by atoms with Gasteiger partial charge in [-0.15, -0.1) is 0 Å². The van der Waals surface area contributed by atoms with Crippen molar-refractivity contribution < 1.29 is 9.53 Å². The normalized spacial score (nSPS) is 10.9. The van der Waals surface area contributed by atoms with Gasteiger partial charge in [0, 0.05) is 19.0 Å². The Labute approximate surface area is 131 Å². The molecule has 4 N–H and O–H groups in total. The lowest BCUT2D eigenvalue weighted by Crippen LogP contribution is -2.40. The van der Waals surface area contributed by atoms with Gasteiger partial charge in [0.2, 0.25) is 5.91 Å². The number of carbonyl (C=O) groups excluding carboxylic acids is 1. The van der Waals surface area contributed by atoms with E-state index in [9.17, 15) is 4.79 Å². The van der Waals surface area contributed by atoms with Gasteiger partial charge >= 0.3 is 0 Å². The molecule has 0 saturated carbocycles. The molecular formula is C15H23N3O2S. The van der Waals surface area contributed by atoms with Crippen LogP contribution in [0.1, 0.15) is 19.4 Å². The lowest BCUT2D eigenvalue weighted by Gasteiger charge is -2.24. The fourth-order valence-corrected chi connectivity index (χ4v) is 2.07. The van der Waals surface area contributed by atoms with Crippen LogP contribution in [-0.2, 0) is 11.2 Å². The van der Waals surface area contributed by atoms with Crippen LogP contribution >= 0.6 is 12.2 Å². The Kier molecular flexibility index (Phi) is 7.11. The number of rotatable bonds is 9. The topological polar surface area (TPSA) is 81.6 Å². The van der Waals surface area contributed by atoms with Gasteiger partial charge < -0.3 is 16.2 Å². The number of primary amides is 1. The van der Waals surface area contributed by atoms with Crippen LogP contribution in [0.4, 0.5) is 0 Å². The van der Waals surface area contributed by atoms with E-state index in [1.165, 1.54) is 0 Å². The monoisotopic (exact) mass is 309 g/mol. The van der Waals surface area contributed by atoms with E-state index in [1.807, 2.05) is 43.0 Å². The number of benzene rings is 1. The lowest BCUT2D eigenvalue weighted by molar-refractivity contribution is -0.119. The van der Waals surface area contributed by atoms with E-state index in [2.05, 4.69) is 0 Å². The number of nitrogens with two attached hydrogens (primary N) is 2. The van der Waals surface area contributed by atoms with E-state index in [0.717, 1.165) is 11.3 Å². The van der Waals surface area contributed by atoms with Gasteiger partial charge in [-0.05, 0) is 31.5 Å². The highest BCUT2D eigenvalue weighted by Gasteiger charge is 2.11. The zero-order valence-electron chi connectivity index (χ0n) is 12.5. The maximum absolute atomic E-state index is 11.0. The molecule has 0 aromatic heterocycles. The maximum Gasteiger partial charge on any atom is 0.231 e. The summed E-state index contributed by atoms with van der Waals surface area (Å²) in [6, 6.07) is 7.91. The molecule has 0 aliphatic heterocycles. The van der Waals surface area contributed by atoms with E-state index in [4.69, 9.17) is 28.4 Å². The van der Waals surface area contributed by atoms with E-state index in [1.54, 1.807) is 0 Å². The van der Waals surface area contributed by atoms with E-state index < -0.39 is 0 Å². The summed E-state index contributed by atoms with van der Waals surface area (Å²) >= 11 is 4.87. The van der Waals surface area contributed by atoms with Crippen molar-refractivity contribution in [1.29, 1.82) is 0 Å². The first-order valence-electron chi connectivity index (χ1n) is 6.91. The highest BCUT2D eigenvalue weighted by atomic mass is 32.1. The minimum atomic E-state index is -0.328. The molecule has 1 rings (SSSR count). The highest BCUT2D eigenvalue weighted by Crippen LogP contribution is 2.12. The van der Waals surface area contributed by atoms with Gasteiger partial charge in [0.15, 0.2) is 0 Å². The van der Waals surface area contributed by atoms with Crippen LogP contribution in [0.3, 0.4) is 0 Å². The van der Waals surface area contributed by atoms with Crippen LogP contribution in [0, 0.1) is 0 Å². The summed E-state index contributed by atoms with van der Waals surface area (Å²) in [5, 5.41) is 0. The second kappa shape index (κ2) is 8.59. The first-order chi connectivity index (χ1) is 9.88. The zero-order valence-corrected chi connectivity index (χ0v) is 13.4. The smallest absolute Gasteiger partial charge is 0.231 e. The molecule has 6 heteroatoms. The molecule has 0 spiro atoms. The molecule has 0 fully saturated rings. The quantitative estimate of drug-likeness (QED) is 0.667. The molecule has 1 aromatic rings. The van der Waals surface area contributed by atoms with Crippen LogP contribution in [0.25, 0.3) is 0 Å². The molecule has 0 atom stereocenters. The SMILES string of the molecule is CC(C)N(CCOc1ccc(CC(N)=S)cc1)CC(N)=O. The van der Waals surface area contributed by atoms with Crippen molar-refractivity contribution in [3.63, 3.8) is 0 Å². The third-order valence-electron chi connectivity index (χ3n) is 3.04. The van der Waals surface area contributed by atoms with Gasteiger partial charge in [0.1, 0.15) is 12.4 Å². The number of nitrogens with zero attached hydrogens (tertiary/aromatic N) is 1. The Morgan fingerprint density at radius 1 is 1.29 bits per heavy atom. The molecule has 0 bridgehead atoms. The first-order valence-corrected chi connectivity index (χ1v) is 7.31. The van der Waals surface area contributed by atoms with Crippen molar-refractivity contribution in [1.82, 2.24) is 4.90 Å². The van der Waals surface area contributed by atoms with Gasteiger partial charge in [-0.2, -0.15) is 0 Å². The number of hydrogen-bond donors (Lipinski definition) is 2. The summed E-state index contributed by atoms with van der Waals surface area (Å²) in [4.78, 5) is 13.4. The number of carbonyl (C=O) groups is 1. The average Bonchev–Trinajstić information content (AvgIpc) is 2.38. The first kappa shape index (κ1) is 17.4. The Morgan fingerprint density at radius 2 is 1.90 bits per heavy atom. The molecule has 0 heterocycles. The second-order valence-electron chi connectivity index (χ2n) is 5.17. The van der Waals surface area contributed by atoms with Gasteiger partial charge in [0.05, 0.1) is 11.5 Å². The molecule has 0 radical (unpaired) electrons. The van der Waals surface area contributed by atoms with Crippen molar-refractivity contribution in [2.24, 2.45) is 11.5 Å². The van der Waals surface area contributed by atoms with Crippen molar-refractivity contribution >= 4 is 23.1 Å². The van der Waals surface area contributed by atoms with Crippen molar-refractivity contribution in [2.75, 3.05) is 19.7 Å². The number of thiocarbonyl (C=S) groups is 1. The molecule has 0 aliphatic carbocycles. The molecule has 5 nitrogen and oxygen atoms in total. The molecular weight excluding hydrogens is 286 g/mol. The summed E-state index contributed by atoms with van der Waals surface area (Å²) in [6.07, 6.45) is 0.593. The average molecular weight is 309 g/mol. The maximum atomic E-state index is 11.0. The predicted molar refractivity (Wildman–Crippen MR) is 88.3 cm³/mol. The third kappa shape index (κ3) is 7.06. The van der Waals surface area contributed by atoms with Gasteiger partial charge in [0.25, 0.3) is 0 Å². The van der Waals surface area contributed by atoms with Crippen molar-refractivity contribution in [3.05, 3.63) is 29.8 Å². The number of amides is 1.